The molecule has 0 amide bonds. The van der Waals surface area contributed by atoms with Crippen LogP contribution in [0.2, 0.25) is 5.02 Å². The van der Waals surface area contributed by atoms with Crippen molar-refractivity contribution in [2.24, 2.45) is 0 Å². The molecule has 0 aliphatic heterocycles. The monoisotopic (exact) mass is 353 g/mol. The Kier molecular flexibility index (Phi) is 5.08. The maximum absolute atomic E-state index is 6.39. The summed E-state index contributed by atoms with van der Waals surface area (Å²) in [4.78, 5) is 0. The van der Waals surface area contributed by atoms with Gasteiger partial charge in [0.15, 0.2) is 0 Å². The van der Waals surface area contributed by atoms with Crippen molar-refractivity contribution in [2.75, 3.05) is 14.2 Å². The van der Waals surface area contributed by atoms with Crippen LogP contribution in [0.1, 0.15) is 22.7 Å². The zero-order valence-corrected chi connectivity index (χ0v) is 14.0. The molecule has 2 aromatic carbocycles. The Bertz CT molecular complexity index is 615. The summed E-state index contributed by atoms with van der Waals surface area (Å²) in [6.45, 7) is 2.08. The van der Waals surface area contributed by atoms with E-state index in [0.717, 1.165) is 15.8 Å². The van der Waals surface area contributed by atoms with E-state index in [9.17, 15) is 0 Å². The van der Waals surface area contributed by atoms with Gasteiger partial charge in [0.05, 0.1) is 13.2 Å². The van der Waals surface area contributed by atoms with Crippen molar-refractivity contribution in [1.82, 2.24) is 5.32 Å². The third-order valence-corrected chi connectivity index (χ3v) is 4.75. The lowest BCUT2D eigenvalue weighted by atomic mass is 9.97. The summed E-state index contributed by atoms with van der Waals surface area (Å²) in [7, 11) is 3.57. The highest BCUT2D eigenvalue weighted by Crippen LogP contribution is 2.35. The van der Waals surface area contributed by atoms with E-state index in [1.54, 1.807) is 7.11 Å². The highest BCUT2D eigenvalue weighted by Gasteiger charge is 2.18. The molecular weight excluding hydrogens is 338 g/mol. The molecule has 20 heavy (non-hydrogen) atoms. The number of benzene rings is 2. The quantitative estimate of drug-likeness (QED) is 0.857. The van der Waals surface area contributed by atoms with Gasteiger partial charge in [-0.15, -0.1) is 0 Å². The summed E-state index contributed by atoms with van der Waals surface area (Å²) in [5.74, 6) is 0.761. The predicted molar refractivity (Wildman–Crippen MR) is 87.8 cm³/mol. The Morgan fingerprint density at radius 3 is 2.55 bits per heavy atom. The van der Waals surface area contributed by atoms with Crippen LogP contribution in [0.15, 0.2) is 40.9 Å². The number of halogens is 2. The maximum Gasteiger partial charge on any atom is 0.120 e. The zero-order chi connectivity index (χ0) is 14.7. The van der Waals surface area contributed by atoms with E-state index < -0.39 is 0 Å². The zero-order valence-electron chi connectivity index (χ0n) is 11.7. The van der Waals surface area contributed by atoms with Gasteiger partial charge in [-0.25, -0.2) is 0 Å². The summed E-state index contributed by atoms with van der Waals surface area (Å²) >= 11 is 10.1. The predicted octanol–water partition coefficient (Wildman–Crippen LogP) is 4.73. The number of rotatable bonds is 4. The number of nitrogens with one attached hydrogen (secondary N) is 1. The maximum atomic E-state index is 6.39. The van der Waals surface area contributed by atoms with Crippen molar-refractivity contribution >= 4 is 27.5 Å². The topological polar surface area (TPSA) is 21.3 Å². The number of hydrogen-bond acceptors (Lipinski definition) is 2. The Hall–Kier alpha value is -1.03. The SMILES string of the molecule is CNC(c1ccc(OC)cc1Cl)c1cccc(C)c1Br. The number of aryl methyl sites for hydroxylation is 1. The average molecular weight is 355 g/mol. The lowest BCUT2D eigenvalue weighted by molar-refractivity contribution is 0.414. The van der Waals surface area contributed by atoms with Crippen molar-refractivity contribution in [3.8, 4) is 5.75 Å². The molecule has 0 spiro atoms. The highest BCUT2D eigenvalue weighted by molar-refractivity contribution is 9.10. The summed E-state index contributed by atoms with van der Waals surface area (Å²) in [6.07, 6.45) is 0. The first kappa shape index (κ1) is 15.4. The molecule has 1 atom stereocenters. The van der Waals surface area contributed by atoms with Crippen LogP contribution in [0.5, 0.6) is 5.75 Å². The van der Waals surface area contributed by atoms with Crippen LogP contribution in [0, 0.1) is 6.92 Å². The average Bonchev–Trinajstić information content (AvgIpc) is 2.45. The Labute approximate surface area is 133 Å². The third kappa shape index (κ3) is 3.00. The Morgan fingerprint density at radius 1 is 1.20 bits per heavy atom. The smallest absolute Gasteiger partial charge is 0.120 e. The Balaban J connectivity index is 2.50. The van der Waals surface area contributed by atoms with Crippen molar-refractivity contribution in [3.05, 3.63) is 62.6 Å². The van der Waals surface area contributed by atoms with Crippen LogP contribution in [0.4, 0.5) is 0 Å². The number of ether oxygens (including phenoxy) is 1. The summed E-state index contributed by atoms with van der Waals surface area (Å²) in [5.41, 5.74) is 3.40. The van der Waals surface area contributed by atoms with Gasteiger partial charge in [0.25, 0.3) is 0 Å². The number of hydrogen-bond donors (Lipinski definition) is 1. The van der Waals surface area contributed by atoms with Gasteiger partial charge in [0, 0.05) is 9.50 Å². The lowest BCUT2D eigenvalue weighted by Gasteiger charge is -2.21. The molecule has 1 N–H and O–H groups in total. The van der Waals surface area contributed by atoms with Gasteiger partial charge >= 0.3 is 0 Å². The number of methoxy groups -OCH3 is 1. The van der Waals surface area contributed by atoms with E-state index in [1.807, 2.05) is 25.2 Å². The molecule has 0 aliphatic carbocycles. The van der Waals surface area contributed by atoms with Crippen LogP contribution in [-0.2, 0) is 0 Å². The van der Waals surface area contributed by atoms with Crippen LogP contribution in [-0.4, -0.2) is 14.2 Å². The molecule has 0 aliphatic rings. The van der Waals surface area contributed by atoms with Gasteiger partial charge in [0.2, 0.25) is 0 Å². The van der Waals surface area contributed by atoms with Gasteiger partial charge < -0.3 is 10.1 Å². The van der Waals surface area contributed by atoms with Gasteiger partial charge in [-0.2, -0.15) is 0 Å². The fourth-order valence-corrected chi connectivity index (χ4v) is 3.01. The van der Waals surface area contributed by atoms with Gasteiger partial charge in [-0.05, 0) is 42.8 Å². The largest absolute Gasteiger partial charge is 0.497 e. The third-order valence-electron chi connectivity index (χ3n) is 3.34. The molecule has 0 aromatic heterocycles. The first-order valence-electron chi connectivity index (χ1n) is 6.34. The van der Waals surface area contributed by atoms with Crippen molar-refractivity contribution in [3.63, 3.8) is 0 Å². The van der Waals surface area contributed by atoms with Crippen LogP contribution in [0.25, 0.3) is 0 Å². The molecule has 4 heteroatoms. The van der Waals surface area contributed by atoms with Crippen LogP contribution >= 0.6 is 27.5 Å². The molecule has 106 valence electrons. The van der Waals surface area contributed by atoms with E-state index in [4.69, 9.17) is 16.3 Å². The summed E-state index contributed by atoms with van der Waals surface area (Å²) < 4.78 is 6.30. The van der Waals surface area contributed by atoms with Gasteiger partial charge in [-0.1, -0.05) is 51.8 Å². The van der Waals surface area contributed by atoms with E-state index in [-0.39, 0.29) is 6.04 Å². The van der Waals surface area contributed by atoms with Crippen LogP contribution in [0.3, 0.4) is 0 Å². The second-order valence-electron chi connectivity index (χ2n) is 4.59. The van der Waals surface area contributed by atoms with Crippen molar-refractivity contribution < 1.29 is 4.74 Å². The molecule has 0 bridgehead atoms. The molecule has 0 saturated heterocycles. The molecule has 2 nitrogen and oxygen atoms in total. The summed E-state index contributed by atoms with van der Waals surface area (Å²) in [6, 6.07) is 12.0. The first-order valence-corrected chi connectivity index (χ1v) is 7.51. The molecule has 0 heterocycles. The molecule has 1 unspecified atom stereocenters. The fraction of sp³-hybridized carbons (Fsp3) is 0.250. The van der Waals surface area contributed by atoms with E-state index in [1.165, 1.54) is 11.1 Å². The molecule has 0 fully saturated rings. The Morgan fingerprint density at radius 2 is 1.95 bits per heavy atom. The molecule has 0 radical (unpaired) electrons. The second kappa shape index (κ2) is 6.61. The first-order chi connectivity index (χ1) is 9.58. The molecule has 2 rings (SSSR count). The van der Waals surface area contributed by atoms with Gasteiger partial charge in [-0.3, -0.25) is 0 Å². The van der Waals surface area contributed by atoms with Crippen molar-refractivity contribution in [2.45, 2.75) is 13.0 Å². The molecule has 0 saturated carbocycles. The minimum Gasteiger partial charge on any atom is -0.497 e. The second-order valence-corrected chi connectivity index (χ2v) is 5.79. The lowest BCUT2D eigenvalue weighted by Crippen LogP contribution is -2.18. The minimum absolute atomic E-state index is 0.0303. The van der Waals surface area contributed by atoms with Crippen LogP contribution < -0.4 is 10.1 Å². The minimum atomic E-state index is 0.0303. The standard InChI is InChI=1S/C16H17BrClNO/c1-10-5-4-6-13(15(10)17)16(19-2)12-8-7-11(20-3)9-14(12)18/h4-9,16,19H,1-3H3. The van der Waals surface area contributed by atoms with Crippen molar-refractivity contribution in [1.29, 1.82) is 0 Å². The molecule has 2 aromatic rings. The fourth-order valence-electron chi connectivity index (χ4n) is 2.24. The molecular formula is C16H17BrClNO. The van der Waals surface area contributed by atoms with E-state index in [2.05, 4.69) is 46.4 Å². The van der Waals surface area contributed by atoms with Gasteiger partial charge in [0.1, 0.15) is 5.75 Å². The highest BCUT2D eigenvalue weighted by atomic mass is 79.9. The van der Waals surface area contributed by atoms with E-state index >= 15 is 0 Å². The summed E-state index contributed by atoms with van der Waals surface area (Å²) in [5, 5.41) is 4.02. The van der Waals surface area contributed by atoms with E-state index in [0.29, 0.717) is 5.02 Å². The normalized spacial score (nSPS) is 12.2.